The summed E-state index contributed by atoms with van der Waals surface area (Å²) in [5.74, 6) is 2.24. The van der Waals surface area contributed by atoms with Crippen LogP contribution in [0.4, 0.5) is 0 Å². The Hall–Kier alpha value is 0.250. The van der Waals surface area contributed by atoms with E-state index in [0.717, 1.165) is 24.1 Å². The van der Waals surface area contributed by atoms with E-state index in [1.54, 1.807) is 0 Å². The molecule has 92 valence electrons. The Morgan fingerprint density at radius 3 is 1.67 bits per heavy atom. The van der Waals surface area contributed by atoms with Crippen molar-refractivity contribution >= 4 is 11.6 Å². The van der Waals surface area contributed by atoms with E-state index >= 15 is 0 Å². The summed E-state index contributed by atoms with van der Waals surface area (Å²) in [6.45, 7) is 11.3. The largest absolute Gasteiger partial charge is 0.310 e. The van der Waals surface area contributed by atoms with Crippen LogP contribution in [0, 0.1) is 11.8 Å². The molecule has 0 aromatic carbocycles. The minimum absolute atomic E-state index is 0.481. The normalized spacial score (nSPS) is 14.2. The van der Waals surface area contributed by atoms with Crippen LogP contribution in [-0.2, 0) is 0 Å². The summed E-state index contributed by atoms with van der Waals surface area (Å²) in [5.41, 5.74) is 0. The lowest BCUT2D eigenvalue weighted by atomic mass is 9.95. The molecule has 0 saturated heterocycles. The highest BCUT2D eigenvalue weighted by molar-refractivity contribution is 6.18. The highest BCUT2D eigenvalue weighted by Gasteiger charge is 2.15. The van der Waals surface area contributed by atoms with Crippen LogP contribution in [-0.4, -0.2) is 18.0 Å². The molecular formula is C13H28ClN. The summed E-state index contributed by atoms with van der Waals surface area (Å²) >= 11 is 5.92. The third kappa shape index (κ3) is 8.10. The highest BCUT2D eigenvalue weighted by Crippen LogP contribution is 2.14. The van der Waals surface area contributed by atoms with E-state index in [2.05, 4.69) is 39.9 Å². The minimum Gasteiger partial charge on any atom is -0.310 e. The van der Waals surface area contributed by atoms with Gasteiger partial charge in [-0.1, -0.05) is 34.6 Å². The fourth-order valence-corrected chi connectivity index (χ4v) is 2.28. The molecule has 2 heteroatoms. The second-order valence-corrected chi connectivity index (χ2v) is 5.69. The number of alkyl halides is 1. The lowest BCUT2D eigenvalue weighted by Gasteiger charge is -2.26. The molecule has 1 nitrogen and oxygen atoms in total. The summed E-state index contributed by atoms with van der Waals surface area (Å²) < 4.78 is 0. The van der Waals surface area contributed by atoms with Crippen molar-refractivity contribution in [1.29, 1.82) is 0 Å². The maximum Gasteiger partial charge on any atom is 0.0377 e. The second-order valence-electron chi connectivity index (χ2n) is 5.38. The smallest absolute Gasteiger partial charge is 0.0377 e. The van der Waals surface area contributed by atoms with E-state index < -0.39 is 0 Å². The van der Waals surface area contributed by atoms with Crippen molar-refractivity contribution in [2.75, 3.05) is 5.88 Å². The van der Waals surface area contributed by atoms with Gasteiger partial charge in [0.25, 0.3) is 0 Å². The molecule has 0 aliphatic heterocycles. The molecule has 0 aromatic rings. The molecule has 0 heterocycles. The van der Waals surface area contributed by atoms with Crippen LogP contribution in [0.1, 0.15) is 53.9 Å². The standard InChI is InChI=1S/C13H28ClN/c1-6-12(9-14)15-13(7-10(2)3)8-11(4)5/h10-13,15H,6-9H2,1-5H3/t12-/m0/s1. The monoisotopic (exact) mass is 233 g/mol. The molecule has 0 rings (SSSR count). The van der Waals surface area contributed by atoms with E-state index in [9.17, 15) is 0 Å². The van der Waals surface area contributed by atoms with Gasteiger partial charge in [-0.15, -0.1) is 11.6 Å². The third-order valence-corrected chi connectivity index (χ3v) is 3.03. The maximum atomic E-state index is 5.92. The van der Waals surface area contributed by atoms with Crippen LogP contribution in [0.5, 0.6) is 0 Å². The van der Waals surface area contributed by atoms with Crippen molar-refractivity contribution < 1.29 is 0 Å². The van der Waals surface area contributed by atoms with Crippen LogP contribution in [0.15, 0.2) is 0 Å². The summed E-state index contributed by atoms with van der Waals surface area (Å²) in [5, 5.41) is 3.68. The summed E-state index contributed by atoms with van der Waals surface area (Å²) in [6.07, 6.45) is 3.63. The first-order valence-electron chi connectivity index (χ1n) is 6.31. The fourth-order valence-electron chi connectivity index (χ4n) is 1.98. The Bertz CT molecular complexity index is 131. The molecule has 1 N–H and O–H groups in total. The maximum absolute atomic E-state index is 5.92. The van der Waals surface area contributed by atoms with Crippen molar-refractivity contribution in [2.45, 2.75) is 66.0 Å². The van der Waals surface area contributed by atoms with Gasteiger partial charge < -0.3 is 5.32 Å². The molecule has 0 spiro atoms. The van der Waals surface area contributed by atoms with Crippen LogP contribution in [0.2, 0.25) is 0 Å². The van der Waals surface area contributed by atoms with Crippen LogP contribution in [0.25, 0.3) is 0 Å². The van der Waals surface area contributed by atoms with Crippen molar-refractivity contribution in [3.63, 3.8) is 0 Å². The van der Waals surface area contributed by atoms with Crippen molar-refractivity contribution in [3.05, 3.63) is 0 Å². The quantitative estimate of drug-likeness (QED) is 0.624. The van der Waals surface area contributed by atoms with E-state index in [4.69, 9.17) is 11.6 Å². The molecule has 0 aliphatic rings. The van der Waals surface area contributed by atoms with Gasteiger partial charge in [-0.3, -0.25) is 0 Å². The molecule has 0 saturated carbocycles. The predicted molar refractivity (Wildman–Crippen MR) is 70.6 cm³/mol. The number of hydrogen-bond donors (Lipinski definition) is 1. The molecule has 0 fully saturated rings. The molecule has 0 amide bonds. The van der Waals surface area contributed by atoms with E-state index in [1.165, 1.54) is 12.8 Å². The zero-order valence-electron chi connectivity index (χ0n) is 11.0. The Morgan fingerprint density at radius 1 is 0.933 bits per heavy atom. The van der Waals surface area contributed by atoms with Crippen molar-refractivity contribution in [2.24, 2.45) is 11.8 Å². The van der Waals surface area contributed by atoms with E-state index in [1.807, 2.05) is 0 Å². The molecule has 0 aromatic heterocycles. The second kappa shape index (κ2) is 8.41. The number of nitrogens with one attached hydrogen (secondary N) is 1. The molecule has 0 unspecified atom stereocenters. The van der Waals surface area contributed by atoms with Crippen molar-refractivity contribution in [1.82, 2.24) is 5.32 Å². The lowest BCUT2D eigenvalue weighted by molar-refractivity contribution is 0.331. The zero-order chi connectivity index (χ0) is 11.8. The Kier molecular flexibility index (Phi) is 8.55. The molecule has 15 heavy (non-hydrogen) atoms. The van der Waals surface area contributed by atoms with Gasteiger partial charge in [0.05, 0.1) is 0 Å². The van der Waals surface area contributed by atoms with Gasteiger partial charge in [-0.05, 0) is 31.1 Å². The average Bonchev–Trinajstić information content (AvgIpc) is 2.11. The summed E-state index contributed by atoms with van der Waals surface area (Å²) in [4.78, 5) is 0. The van der Waals surface area contributed by atoms with Gasteiger partial charge in [0.15, 0.2) is 0 Å². The minimum atomic E-state index is 0.481. The van der Waals surface area contributed by atoms with Gasteiger partial charge in [0.1, 0.15) is 0 Å². The van der Waals surface area contributed by atoms with Crippen LogP contribution >= 0.6 is 11.6 Å². The third-order valence-electron chi connectivity index (χ3n) is 2.66. The Balaban J connectivity index is 4.09. The number of rotatable bonds is 8. The molecule has 0 aliphatic carbocycles. The zero-order valence-corrected chi connectivity index (χ0v) is 11.8. The lowest BCUT2D eigenvalue weighted by Crippen LogP contribution is -2.40. The number of halogens is 1. The van der Waals surface area contributed by atoms with Gasteiger partial charge in [0, 0.05) is 18.0 Å². The van der Waals surface area contributed by atoms with Gasteiger partial charge >= 0.3 is 0 Å². The van der Waals surface area contributed by atoms with E-state index in [-0.39, 0.29) is 0 Å². The van der Waals surface area contributed by atoms with E-state index in [0.29, 0.717) is 12.1 Å². The van der Waals surface area contributed by atoms with Gasteiger partial charge in [-0.25, -0.2) is 0 Å². The average molecular weight is 234 g/mol. The van der Waals surface area contributed by atoms with Crippen LogP contribution < -0.4 is 5.32 Å². The topological polar surface area (TPSA) is 12.0 Å². The van der Waals surface area contributed by atoms with Crippen LogP contribution in [0.3, 0.4) is 0 Å². The molecule has 1 atom stereocenters. The predicted octanol–water partition coefficient (Wildman–Crippen LogP) is 4.05. The van der Waals surface area contributed by atoms with Gasteiger partial charge in [-0.2, -0.15) is 0 Å². The first kappa shape index (κ1) is 15.2. The first-order chi connectivity index (χ1) is 6.99. The summed E-state index contributed by atoms with van der Waals surface area (Å²) in [6, 6.07) is 1.11. The summed E-state index contributed by atoms with van der Waals surface area (Å²) in [7, 11) is 0. The molecule has 0 radical (unpaired) electrons. The fraction of sp³-hybridized carbons (Fsp3) is 1.00. The highest BCUT2D eigenvalue weighted by atomic mass is 35.5. The molecule has 0 bridgehead atoms. The number of hydrogen-bond acceptors (Lipinski definition) is 1. The Labute approximate surface area is 101 Å². The first-order valence-corrected chi connectivity index (χ1v) is 6.85. The van der Waals surface area contributed by atoms with Gasteiger partial charge in [0.2, 0.25) is 0 Å². The Morgan fingerprint density at radius 2 is 1.40 bits per heavy atom. The van der Waals surface area contributed by atoms with Crippen molar-refractivity contribution in [3.8, 4) is 0 Å². The SMILES string of the molecule is CC[C@@H](CCl)NC(CC(C)C)CC(C)C. The molecular weight excluding hydrogens is 206 g/mol.